The predicted octanol–water partition coefficient (Wildman–Crippen LogP) is 2.83. The van der Waals surface area contributed by atoms with E-state index in [4.69, 9.17) is 4.74 Å². The second-order valence-corrected chi connectivity index (χ2v) is 2.71. The molecule has 3 heteroatoms. The fourth-order valence-electron chi connectivity index (χ4n) is 0.980. The fourth-order valence-corrected chi connectivity index (χ4v) is 0.980. The Morgan fingerprint density at radius 1 is 1.43 bits per heavy atom. The standard InChI is InChI=1S/C9H13NO2.C2H6/c1-4-12-9(11)8-5-6(2)7(3)10-8;1-2/h5,10H,4H2,1-3H3;1-2H3. The third-order valence-electron chi connectivity index (χ3n) is 1.77. The van der Waals surface area contributed by atoms with Gasteiger partial charge in [0.15, 0.2) is 0 Å². The minimum Gasteiger partial charge on any atom is -0.461 e. The van der Waals surface area contributed by atoms with Crippen LogP contribution in [0.5, 0.6) is 0 Å². The molecule has 1 N–H and O–H groups in total. The molecule has 0 aliphatic rings. The molecule has 0 fully saturated rings. The molecule has 0 unspecified atom stereocenters. The normalized spacial score (nSPS) is 8.93. The number of hydrogen-bond acceptors (Lipinski definition) is 2. The summed E-state index contributed by atoms with van der Waals surface area (Å²) < 4.78 is 4.83. The van der Waals surface area contributed by atoms with Crippen molar-refractivity contribution in [2.24, 2.45) is 0 Å². The summed E-state index contributed by atoms with van der Waals surface area (Å²) in [4.78, 5) is 14.1. The van der Waals surface area contributed by atoms with Gasteiger partial charge in [0, 0.05) is 5.69 Å². The molecule has 1 rings (SSSR count). The van der Waals surface area contributed by atoms with Gasteiger partial charge in [0.1, 0.15) is 5.69 Å². The molecule has 0 aliphatic heterocycles. The second kappa shape index (κ2) is 6.24. The topological polar surface area (TPSA) is 42.1 Å². The third kappa shape index (κ3) is 3.24. The summed E-state index contributed by atoms with van der Waals surface area (Å²) in [6.07, 6.45) is 0. The van der Waals surface area contributed by atoms with Crippen LogP contribution < -0.4 is 0 Å². The number of aryl methyl sites for hydroxylation is 2. The zero-order chi connectivity index (χ0) is 11.1. The highest BCUT2D eigenvalue weighted by molar-refractivity contribution is 5.87. The quantitative estimate of drug-likeness (QED) is 0.741. The van der Waals surface area contributed by atoms with Gasteiger partial charge < -0.3 is 9.72 Å². The molecule has 0 spiro atoms. The predicted molar refractivity (Wildman–Crippen MR) is 57.6 cm³/mol. The minimum atomic E-state index is -0.284. The molecule has 0 aliphatic carbocycles. The Bertz CT molecular complexity index is 270. The van der Waals surface area contributed by atoms with E-state index in [1.807, 2.05) is 27.7 Å². The molecule has 0 saturated carbocycles. The van der Waals surface area contributed by atoms with Gasteiger partial charge >= 0.3 is 5.97 Å². The van der Waals surface area contributed by atoms with Gasteiger partial charge in [0.2, 0.25) is 0 Å². The first kappa shape index (κ1) is 12.8. The number of carbonyl (C=O) groups excluding carboxylic acids is 1. The summed E-state index contributed by atoms with van der Waals surface area (Å²) in [7, 11) is 0. The van der Waals surface area contributed by atoms with Crippen molar-refractivity contribution in [3.8, 4) is 0 Å². The van der Waals surface area contributed by atoms with E-state index in [1.54, 1.807) is 13.0 Å². The van der Waals surface area contributed by atoms with Crippen molar-refractivity contribution < 1.29 is 9.53 Å². The fraction of sp³-hybridized carbons (Fsp3) is 0.545. The van der Waals surface area contributed by atoms with E-state index in [-0.39, 0.29) is 5.97 Å². The number of rotatable bonds is 2. The lowest BCUT2D eigenvalue weighted by molar-refractivity contribution is 0.0520. The van der Waals surface area contributed by atoms with E-state index in [0.29, 0.717) is 12.3 Å². The van der Waals surface area contributed by atoms with Crippen molar-refractivity contribution in [3.63, 3.8) is 0 Å². The van der Waals surface area contributed by atoms with Crippen molar-refractivity contribution in [2.75, 3.05) is 6.61 Å². The Morgan fingerprint density at radius 2 is 2.00 bits per heavy atom. The summed E-state index contributed by atoms with van der Waals surface area (Å²) in [6.45, 7) is 10.1. The van der Waals surface area contributed by atoms with Crippen LogP contribution in [0.1, 0.15) is 42.5 Å². The van der Waals surface area contributed by atoms with Crippen LogP contribution in [0, 0.1) is 13.8 Å². The number of nitrogens with one attached hydrogen (secondary N) is 1. The van der Waals surface area contributed by atoms with E-state index >= 15 is 0 Å². The monoisotopic (exact) mass is 197 g/mol. The number of ether oxygens (including phenoxy) is 1. The van der Waals surface area contributed by atoms with E-state index in [9.17, 15) is 4.79 Å². The molecule has 1 heterocycles. The molecule has 0 aromatic carbocycles. The van der Waals surface area contributed by atoms with Crippen molar-refractivity contribution in [1.29, 1.82) is 0 Å². The van der Waals surface area contributed by atoms with E-state index in [2.05, 4.69) is 4.98 Å². The minimum absolute atomic E-state index is 0.284. The van der Waals surface area contributed by atoms with E-state index < -0.39 is 0 Å². The molecule has 80 valence electrons. The summed E-state index contributed by atoms with van der Waals surface area (Å²) in [5.41, 5.74) is 2.63. The summed E-state index contributed by atoms with van der Waals surface area (Å²) in [5, 5.41) is 0. The molecular weight excluding hydrogens is 178 g/mol. The maximum atomic E-state index is 11.2. The van der Waals surface area contributed by atoms with Gasteiger partial charge in [-0.15, -0.1) is 0 Å². The molecule has 14 heavy (non-hydrogen) atoms. The van der Waals surface area contributed by atoms with Crippen molar-refractivity contribution >= 4 is 5.97 Å². The highest BCUT2D eigenvalue weighted by atomic mass is 16.5. The SMILES string of the molecule is CC.CCOC(=O)c1cc(C)c(C)[nH]1. The number of carbonyl (C=O) groups is 1. The second-order valence-electron chi connectivity index (χ2n) is 2.71. The van der Waals surface area contributed by atoms with Crippen molar-refractivity contribution in [1.82, 2.24) is 4.98 Å². The molecule has 1 aromatic heterocycles. The first-order valence-corrected chi connectivity index (χ1v) is 4.98. The summed E-state index contributed by atoms with van der Waals surface area (Å²) >= 11 is 0. The molecule has 0 bridgehead atoms. The van der Waals surface area contributed by atoms with Gasteiger partial charge in [0.05, 0.1) is 6.61 Å². The summed E-state index contributed by atoms with van der Waals surface area (Å²) in [6, 6.07) is 1.80. The zero-order valence-electron chi connectivity index (χ0n) is 9.60. The van der Waals surface area contributed by atoms with Crippen molar-refractivity contribution in [2.45, 2.75) is 34.6 Å². The number of esters is 1. The van der Waals surface area contributed by atoms with Crippen LogP contribution in [-0.2, 0) is 4.74 Å². The molecule has 0 atom stereocenters. The first-order valence-electron chi connectivity index (χ1n) is 4.98. The van der Waals surface area contributed by atoms with E-state index in [1.165, 1.54) is 0 Å². The zero-order valence-corrected chi connectivity index (χ0v) is 9.60. The maximum Gasteiger partial charge on any atom is 0.354 e. The highest BCUT2D eigenvalue weighted by Crippen LogP contribution is 2.08. The van der Waals surface area contributed by atoms with Crippen LogP contribution in [0.15, 0.2) is 6.07 Å². The molecule has 1 aromatic rings. The Morgan fingerprint density at radius 3 is 2.36 bits per heavy atom. The first-order chi connectivity index (χ1) is 6.65. The number of aromatic nitrogens is 1. The Balaban J connectivity index is 0.000000791. The Hall–Kier alpha value is -1.25. The Kier molecular flexibility index (Phi) is 5.68. The van der Waals surface area contributed by atoms with Crippen LogP contribution in [0.2, 0.25) is 0 Å². The van der Waals surface area contributed by atoms with Crippen LogP contribution in [0.4, 0.5) is 0 Å². The number of aromatic amines is 1. The third-order valence-corrected chi connectivity index (χ3v) is 1.77. The number of hydrogen-bond donors (Lipinski definition) is 1. The largest absolute Gasteiger partial charge is 0.461 e. The van der Waals surface area contributed by atoms with Gasteiger partial charge in [-0.25, -0.2) is 4.79 Å². The average molecular weight is 197 g/mol. The lowest BCUT2D eigenvalue weighted by atomic mass is 10.3. The van der Waals surface area contributed by atoms with Gasteiger partial charge in [-0.3, -0.25) is 0 Å². The molecule has 3 nitrogen and oxygen atoms in total. The van der Waals surface area contributed by atoms with Crippen LogP contribution >= 0.6 is 0 Å². The van der Waals surface area contributed by atoms with Crippen molar-refractivity contribution in [3.05, 3.63) is 23.0 Å². The van der Waals surface area contributed by atoms with Gasteiger partial charge in [-0.2, -0.15) is 0 Å². The molecule has 0 radical (unpaired) electrons. The van der Waals surface area contributed by atoms with Crippen LogP contribution in [0.3, 0.4) is 0 Å². The molecular formula is C11H19NO2. The summed E-state index contributed by atoms with van der Waals surface area (Å²) in [5.74, 6) is -0.284. The van der Waals surface area contributed by atoms with Crippen LogP contribution in [-0.4, -0.2) is 17.6 Å². The average Bonchev–Trinajstić information content (AvgIpc) is 2.51. The lowest BCUT2D eigenvalue weighted by Crippen LogP contribution is -2.04. The van der Waals surface area contributed by atoms with Gasteiger partial charge in [0.25, 0.3) is 0 Å². The smallest absolute Gasteiger partial charge is 0.354 e. The van der Waals surface area contributed by atoms with E-state index in [0.717, 1.165) is 11.3 Å². The molecule has 0 amide bonds. The highest BCUT2D eigenvalue weighted by Gasteiger charge is 2.09. The molecule has 0 saturated heterocycles. The Labute approximate surface area is 85.5 Å². The van der Waals surface area contributed by atoms with Gasteiger partial charge in [-0.05, 0) is 32.4 Å². The van der Waals surface area contributed by atoms with Gasteiger partial charge in [-0.1, -0.05) is 13.8 Å². The van der Waals surface area contributed by atoms with Crippen LogP contribution in [0.25, 0.3) is 0 Å². The number of H-pyrrole nitrogens is 1. The lowest BCUT2D eigenvalue weighted by Gasteiger charge is -1.96. The maximum absolute atomic E-state index is 11.2.